The van der Waals surface area contributed by atoms with Crippen LogP contribution >= 0.6 is 0 Å². The van der Waals surface area contributed by atoms with Gasteiger partial charge in [-0.25, -0.2) is 0 Å². The molecule has 0 aliphatic rings. The summed E-state index contributed by atoms with van der Waals surface area (Å²) < 4.78 is 0. The van der Waals surface area contributed by atoms with E-state index in [4.69, 9.17) is 5.73 Å². The predicted octanol–water partition coefficient (Wildman–Crippen LogP) is 2.27. The maximum absolute atomic E-state index is 11.9. The molecule has 1 atom stereocenters. The van der Waals surface area contributed by atoms with Crippen LogP contribution in [0.2, 0.25) is 0 Å². The van der Waals surface area contributed by atoms with Crippen molar-refractivity contribution in [3.8, 4) is 0 Å². The van der Waals surface area contributed by atoms with Crippen LogP contribution in [0.1, 0.15) is 32.3 Å². The number of carbonyl (C=O) groups excluding carboxylic acids is 2. The highest BCUT2D eigenvalue weighted by molar-refractivity contribution is 5.93. The van der Waals surface area contributed by atoms with Crippen molar-refractivity contribution in [3.05, 3.63) is 23.8 Å². The lowest BCUT2D eigenvalue weighted by atomic mass is 10.0. The normalized spacial score (nSPS) is 11.8. The van der Waals surface area contributed by atoms with Gasteiger partial charge in [0.15, 0.2) is 0 Å². The average Bonchev–Trinajstić information content (AvgIpc) is 2.38. The van der Waals surface area contributed by atoms with Crippen molar-refractivity contribution in [3.63, 3.8) is 0 Å². The van der Waals surface area contributed by atoms with E-state index in [1.807, 2.05) is 19.9 Å². The molecule has 0 fully saturated rings. The Morgan fingerprint density at radius 3 is 2.50 bits per heavy atom. The molecule has 20 heavy (non-hydrogen) atoms. The highest BCUT2D eigenvalue weighted by Gasteiger charge is 2.11. The Bertz CT molecular complexity index is 482. The van der Waals surface area contributed by atoms with Gasteiger partial charge in [0, 0.05) is 24.7 Å². The molecule has 2 amide bonds. The molecule has 0 aliphatic carbocycles. The summed E-state index contributed by atoms with van der Waals surface area (Å²) in [7, 11) is 0. The molecule has 1 aromatic carbocycles. The Kier molecular flexibility index (Phi) is 6.18. The summed E-state index contributed by atoms with van der Waals surface area (Å²) in [5, 5.41) is 5.59. The molecule has 0 aliphatic heterocycles. The van der Waals surface area contributed by atoms with Gasteiger partial charge in [0.25, 0.3) is 0 Å². The first-order chi connectivity index (χ1) is 9.46. The van der Waals surface area contributed by atoms with Crippen molar-refractivity contribution in [2.75, 3.05) is 17.2 Å². The first kappa shape index (κ1) is 16.2. The van der Waals surface area contributed by atoms with Crippen molar-refractivity contribution in [1.29, 1.82) is 0 Å². The van der Waals surface area contributed by atoms with E-state index in [9.17, 15) is 9.59 Å². The van der Waals surface area contributed by atoms with Gasteiger partial charge < -0.3 is 16.4 Å². The van der Waals surface area contributed by atoms with Gasteiger partial charge in [-0.1, -0.05) is 13.3 Å². The van der Waals surface area contributed by atoms with Gasteiger partial charge in [-0.05, 0) is 43.1 Å². The van der Waals surface area contributed by atoms with Gasteiger partial charge >= 0.3 is 0 Å². The molecule has 1 rings (SSSR count). The number of hydrogen-bond donors (Lipinski definition) is 3. The maximum atomic E-state index is 11.9. The molecule has 110 valence electrons. The fourth-order valence-electron chi connectivity index (χ4n) is 1.94. The fraction of sp³-hybridized carbons (Fsp3) is 0.467. The summed E-state index contributed by atoms with van der Waals surface area (Å²) in [6.07, 6.45) is 1.32. The highest BCUT2D eigenvalue weighted by atomic mass is 16.2. The number of nitrogens with one attached hydrogen (secondary N) is 2. The van der Waals surface area contributed by atoms with Gasteiger partial charge in [0.2, 0.25) is 11.8 Å². The summed E-state index contributed by atoms with van der Waals surface area (Å²) in [6.45, 7) is 5.89. The van der Waals surface area contributed by atoms with Crippen LogP contribution in [0.5, 0.6) is 0 Å². The molecule has 1 aromatic rings. The topological polar surface area (TPSA) is 84.2 Å². The molecule has 0 heterocycles. The van der Waals surface area contributed by atoms with E-state index in [1.165, 1.54) is 6.92 Å². The Labute approximate surface area is 119 Å². The minimum atomic E-state index is -0.112. The molecule has 0 aromatic heterocycles. The lowest BCUT2D eigenvalue weighted by Gasteiger charge is -2.13. The summed E-state index contributed by atoms with van der Waals surface area (Å²) >= 11 is 0. The Balaban J connectivity index is 2.67. The summed E-state index contributed by atoms with van der Waals surface area (Å²) in [5.74, 6) is 0.0716. The highest BCUT2D eigenvalue weighted by Crippen LogP contribution is 2.20. The van der Waals surface area contributed by atoms with Crippen LogP contribution in [-0.4, -0.2) is 18.4 Å². The predicted molar refractivity (Wildman–Crippen MR) is 81.6 cm³/mol. The van der Waals surface area contributed by atoms with Crippen molar-refractivity contribution in [2.45, 2.75) is 33.6 Å². The smallest absolute Gasteiger partial charge is 0.224 e. The minimum absolute atomic E-state index is 0.0334. The average molecular weight is 277 g/mol. The molecule has 0 saturated heterocycles. The lowest BCUT2D eigenvalue weighted by Crippen LogP contribution is -2.21. The molecular formula is C15H23N3O2. The standard InChI is InChI=1S/C15H23N3O2/c1-4-12(9-16)8-15(20)18-13-5-6-14(10(2)7-13)17-11(3)19/h5-7,12H,4,8-9,16H2,1-3H3,(H,17,19)(H,18,20). The Morgan fingerprint density at radius 1 is 1.30 bits per heavy atom. The molecule has 1 unspecified atom stereocenters. The minimum Gasteiger partial charge on any atom is -0.330 e. The number of carbonyl (C=O) groups is 2. The summed E-state index contributed by atoms with van der Waals surface area (Å²) in [5.41, 5.74) is 7.99. The van der Waals surface area contributed by atoms with E-state index in [0.717, 1.165) is 23.4 Å². The maximum Gasteiger partial charge on any atom is 0.224 e. The third-order valence-electron chi connectivity index (χ3n) is 3.21. The van der Waals surface area contributed by atoms with E-state index in [2.05, 4.69) is 10.6 Å². The van der Waals surface area contributed by atoms with Crippen molar-refractivity contribution in [2.24, 2.45) is 11.7 Å². The lowest BCUT2D eigenvalue weighted by molar-refractivity contribution is -0.117. The van der Waals surface area contributed by atoms with Gasteiger partial charge in [-0.3, -0.25) is 9.59 Å². The fourth-order valence-corrected chi connectivity index (χ4v) is 1.94. The van der Waals surface area contributed by atoms with Crippen LogP contribution < -0.4 is 16.4 Å². The number of aryl methyl sites for hydroxylation is 1. The zero-order chi connectivity index (χ0) is 15.1. The molecular weight excluding hydrogens is 254 g/mol. The number of benzene rings is 1. The molecule has 0 saturated carbocycles. The molecule has 5 nitrogen and oxygen atoms in total. The second-order valence-corrected chi connectivity index (χ2v) is 4.97. The number of amides is 2. The van der Waals surface area contributed by atoms with Crippen LogP contribution in [0, 0.1) is 12.8 Å². The number of hydrogen-bond acceptors (Lipinski definition) is 3. The third kappa shape index (κ3) is 5.01. The zero-order valence-electron chi connectivity index (χ0n) is 12.3. The molecule has 4 N–H and O–H groups in total. The van der Waals surface area contributed by atoms with Crippen LogP contribution in [0.3, 0.4) is 0 Å². The number of rotatable bonds is 6. The monoisotopic (exact) mass is 277 g/mol. The van der Waals surface area contributed by atoms with Crippen LogP contribution in [0.4, 0.5) is 11.4 Å². The second kappa shape index (κ2) is 7.65. The van der Waals surface area contributed by atoms with Gasteiger partial charge in [-0.2, -0.15) is 0 Å². The van der Waals surface area contributed by atoms with Gasteiger partial charge in [0.05, 0.1) is 0 Å². The first-order valence-electron chi connectivity index (χ1n) is 6.84. The van der Waals surface area contributed by atoms with E-state index < -0.39 is 0 Å². The number of anilines is 2. The van der Waals surface area contributed by atoms with Crippen LogP contribution in [0.25, 0.3) is 0 Å². The Hall–Kier alpha value is -1.88. The largest absolute Gasteiger partial charge is 0.330 e. The second-order valence-electron chi connectivity index (χ2n) is 4.97. The summed E-state index contributed by atoms with van der Waals surface area (Å²) in [4.78, 5) is 22.9. The summed E-state index contributed by atoms with van der Waals surface area (Å²) in [6, 6.07) is 5.40. The third-order valence-corrected chi connectivity index (χ3v) is 3.21. The van der Waals surface area contributed by atoms with Crippen LogP contribution in [0.15, 0.2) is 18.2 Å². The molecule has 0 bridgehead atoms. The van der Waals surface area contributed by atoms with E-state index >= 15 is 0 Å². The molecule has 0 radical (unpaired) electrons. The van der Waals surface area contributed by atoms with Crippen molar-refractivity contribution >= 4 is 23.2 Å². The quantitative estimate of drug-likeness (QED) is 0.745. The van der Waals surface area contributed by atoms with E-state index in [1.54, 1.807) is 12.1 Å². The van der Waals surface area contributed by atoms with Crippen molar-refractivity contribution in [1.82, 2.24) is 0 Å². The Morgan fingerprint density at radius 2 is 2.00 bits per heavy atom. The first-order valence-corrected chi connectivity index (χ1v) is 6.84. The SMILES string of the molecule is CCC(CN)CC(=O)Nc1ccc(NC(C)=O)c(C)c1. The molecule has 5 heteroatoms. The van der Waals surface area contributed by atoms with Gasteiger partial charge in [-0.15, -0.1) is 0 Å². The molecule has 0 spiro atoms. The van der Waals surface area contributed by atoms with Crippen LogP contribution in [-0.2, 0) is 9.59 Å². The van der Waals surface area contributed by atoms with Crippen molar-refractivity contribution < 1.29 is 9.59 Å². The zero-order valence-corrected chi connectivity index (χ0v) is 12.3. The van der Waals surface area contributed by atoms with E-state index in [0.29, 0.717) is 13.0 Å². The van der Waals surface area contributed by atoms with E-state index in [-0.39, 0.29) is 17.7 Å². The number of nitrogens with two attached hydrogens (primary N) is 1. The van der Waals surface area contributed by atoms with Gasteiger partial charge in [0.1, 0.15) is 0 Å².